The van der Waals surface area contributed by atoms with Gasteiger partial charge in [0.1, 0.15) is 6.04 Å². The second-order valence-electron chi connectivity index (χ2n) is 8.75. The van der Waals surface area contributed by atoms with Crippen molar-refractivity contribution in [3.8, 4) is 0 Å². The third kappa shape index (κ3) is 4.85. The fraction of sp³-hybridized carbons (Fsp3) is 0.545. The second kappa shape index (κ2) is 9.15. The van der Waals surface area contributed by atoms with E-state index < -0.39 is 42.0 Å². The lowest BCUT2D eigenvalue weighted by atomic mass is 9.92. The number of nitrogens with zero attached hydrogens (tertiary/aromatic N) is 1. The standard InChI is InChI=1S/C22H28N4O6/c27-18(21(30)24-15-5-6-15)16(9-13-7-8-23-19(13)28)25-20(29)17-10-12-3-1-2-4-14(12)11-26(17)22(31)32/h1-4,13,15-18,27H,5-11H2,(H,23,28)(H,24,30)(H,25,29)(H,31,32)/t13?,16-,17-,18?/m0/s1. The van der Waals surface area contributed by atoms with Gasteiger partial charge in [-0.05, 0) is 36.8 Å². The molecule has 32 heavy (non-hydrogen) atoms. The fourth-order valence-corrected chi connectivity index (χ4v) is 4.38. The number of carbonyl (C=O) groups excluding carboxylic acids is 3. The summed E-state index contributed by atoms with van der Waals surface area (Å²) in [5.74, 6) is -1.81. The molecule has 172 valence electrons. The molecular formula is C22H28N4O6. The minimum absolute atomic E-state index is 0.0284. The molecule has 1 aromatic carbocycles. The van der Waals surface area contributed by atoms with Crippen LogP contribution in [0.15, 0.2) is 24.3 Å². The van der Waals surface area contributed by atoms with Crippen molar-refractivity contribution >= 4 is 23.8 Å². The van der Waals surface area contributed by atoms with Crippen molar-refractivity contribution < 1.29 is 29.4 Å². The van der Waals surface area contributed by atoms with Gasteiger partial charge in [0, 0.05) is 24.9 Å². The zero-order valence-electron chi connectivity index (χ0n) is 17.6. The lowest BCUT2D eigenvalue weighted by Crippen LogP contribution is -2.58. The Balaban J connectivity index is 1.51. The molecule has 1 aliphatic carbocycles. The van der Waals surface area contributed by atoms with Crippen LogP contribution in [0.1, 0.15) is 36.8 Å². The molecule has 2 fully saturated rings. The van der Waals surface area contributed by atoms with Gasteiger partial charge in [-0.1, -0.05) is 24.3 Å². The highest BCUT2D eigenvalue weighted by molar-refractivity contribution is 5.88. The number of carbonyl (C=O) groups is 4. The smallest absolute Gasteiger partial charge is 0.408 e. The molecule has 0 radical (unpaired) electrons. The average Bonchev–Trinajstić information content (AvgIpc) is 3.51. The highest BCUT2D eigenvalue weighted by atomic mass is 16.4. The summed E-state index contributed by atoms with van der Waals surface area (Å²) in [5.41, 5.74) is 1.71. The van der Waals surface area contributed by atoms with E-state index in [4.69, 9.17) is 0 Å². The van der Waals surface area contributed by atoms with Crippen LogP contribution in [0.25, 0.3) is 0 Å². The molecule has 2 unspecified atom stereocenters. The SMILES string of the molecule is O=C1NCCC1C[C@H](NC(=O)[C@@H]1Cc2ccccc2CN1C(=O)O)C(O)C(=O)NC1CC1. The maximum Gasteiger partial charge on any atom is 0.408 e. The molecule has 5 N–H and O–H groups in total. The van der Waals surface area contributed by atoms with Crippen LogP contribution in [-0.4, -0.2) is 69.7 Å². The molecule has 2 aliphatic heterocycles. The maximum atomic E-state index is 13.2. The molecule has 4 atom stereocenters. The van der Waals surface area contributed by atoms with E-state index in [0.717, 1.165) is 28.9 Å². The van der Waals surface area contributed by atoms with Crippen molar-refractivity contribution in [1.29, 1.82) is 0 Å². The molecule has 1 aromatic rings. The molecule has 0 spiro atoms. The summed E-state index contributed by atoms with van der Waals surface area (Å²) in [4.78, 5) is 50.6. The number of nitrogens with one attached hydrogen (secondary N) is 3. The zero-order chi connectivity index (χ0) is 22.8. The van der Waals surface area contributed by atoms with Gasteiger partial charge in [-0.3, -0.25) is 19.3 Å². The van der Waals surface area contributed by atoms with Gasteiger partial charge in [0.25, 0.3) is 5.91 Å². The van der Waals surface area contributed by atoms with E-state index in [0.29, 0.717) is 13.0 Å². The predicted octanol–water partition coefficient (Wildman–Crippen LogP) is -0.258. The fourth-order valence-electron chi connectivity index (χ4n) is 4.38. The third-order valence-corrected chi connectivity index (χ3v) is 6.40. The normalized spacial score (nSPS) is 24.2. The van der Waals surface area contributed by atoms with Gasteiger partial charge in [-0.15, -0.1) is 0 Å². The summed E-state index contributed by atoms with van der Waals surface area (Å²) in [6.45, 7) is 0.574. The van der Waals surface area contributed by atoms with Crippen molar-refractivity contribution in [2.75, 3.05) is 6.54 Å². The molecule has 1 saturated carbocycles. The van der Waals surface area contributed by atoms with Gasteiger partial charge in [-0.2, -0.15) is 0 Å². The minimum Gasteiger partial charge on any atom is -0.465 e. The topological polar surface area (TPSA) is 148 Å². The van der Waals surface area contributed by atoms with Crippen LogP contribution in [0.4, 0.5) is 4.79 Å². The number of rotatable bonds is 7. The van der Waals surface area contributed by atoms with E-state index in [1.54, 1.807) is 0 Å². The van der Waals surface area contributed by atoms with Gasteiger partial charge < -0.3 is 26.2 Å². The number of hydrogen-bond acceptors (Lipinski definition) is 5. The Hall–Kier alpha value is -3.14. The number of carboxylic acid groups (broad SMARTS) is 1. The Morgan fingerprint density at radius 3 is 2.50 bits per heavy atom. The quantitative estimate of drug-likeness (QED) is 0.391. The minimum atomic E-state index is -1.54. The van der Waals surface area contributed by atoms with Crippen LogP contribution in [0.5, 0.6) is 0 Å². The summed E-state index contributed by atoms with van der Waals surface area (Å²) >= 11 is 0. The van der Waals surface area contributed by atoms with Gasteiger partial charge in [0.15, 0.2) is 6.10 Å². The second-order valence-corrected chi connectivity index (χ2v) is 8.75. The van der Waals surface area contributed by atoms with E-state index in [1.807, 2.05) is 24.3 Å². The molecule has 4 rings (SSSR count). The lowest BCUT2D eigenvalue weighted by Gasteiger charge is -2.35. The van der Waals surface area contributed by atoms with Crippen LogP contribution in [0.3, 0.4) is 0 Å². The Morgan fingerprint density at radius 2 is 1.88 bits per heavy atom. The average molecular weight is 444 g/mol. The molecule has 1 saturated heterocycles. The van der Waals surface area contributed by atoms with E-state index in [2.05, 4.69) is 16.0 Å². The van der Waals surface area contributed by atoms with Crippen LogP contribution in [-0.2, 0) is 27.3 Å². The van der Waals surface area contributed by atoms with Crippen LogP contribution >= 0.6 is 0 Å². The van der Waals surface area contributed by atoms with Crippen LogP contribution in [0.2, 0.25) is 0 Å². The van der Waals surface area contributed by atoms with Crippen molar-refractivity contribution in [2.24, 2.45) is 5.92 Å². The van der Waals surface area contributed by atoms with E-state index in [1.165, 1.54) is 0 Å². The third-order valence-electron chi connectivity index (χ3n) is 6.40. The zero-order valence-corrected chi connectivity index (χ0v) is 17.6. The van der Waals surface area contributed by atoms with E-state index in [9.17, 15) is 29.4 Å². The van der Waals surface area contributed by atoms with Crippen molar-refractivity contribution in [3.63, 3.8) is 0 Å². The first-order valence-electron chi connectivity index (χ1n) is 11.0. The lowest BCUT2D eigenvalue weighted by molar-refractivity contribution is -0.135. The monoisotopic (exact) mass is 444 g/mol. The van der Waals surface area contributed by atoms with Crippen molar-refractivity contribution in [1.82, 2.24) is 20.9 Å². The highest BCUT2D eigenvalue weighted by Gasteiger charge is 2.40. The molecule has 10 heteroatoms. The van der Waals surface area contributed by atoms with E-state index >= 15 is 0 Å². The summed E-state index contributed by atoms with van der Waals surface area (Å²) < 4.78 is 0. The predicted molar refractivity (Wildman–Crippen MR) is 112 cm³/mol. The maximum absolute atomic E-state index is 13.2. The Kier molecular flexibility index (Phi) is 6.31. The largest absolute Gasteiger partial charge is 0.465 e. The Morgan fingerprint density at radius 1 is 1.16 bits per heavy atom. The first-order valence-corrected chi connectivity index (χ1v) is 11.0. The molecule has 3 aliphatic rings. The number of benzene rings is 1. The van der Waals surface area contributed by atoms with Crippen LogP contribution in [0, 0.1) is 5.92 Å². The Bertz CT molecular complexity index is 917. The van der Waals surface area contributed by atoms with E-state index in [-0.39, 0.29) is 31.3 Å². The number of amides is 4. The Labute approximate surface area is 185 Å². The van der Waals surface area contributed by atoms with Gasteiger partial charge in [0.2, 0.25) is 11.8 Å². The van der Waals surface area contributed by atoms with Crippen LogP contribution < -0.4 is 16.0 Å². The molecule has 0 aromatic heterocycles. The first kappa shape index (κ1) is 22.1. The first-order chi connectivity index (χ1) is 15.3. The number of aliphatic hydroxyl groups is 1. The highest BCUT2D eigenvalue weighted by Crippen LogP contribution is 2.25. The summed E-state index contributed by atoms with van der Waals surface area (Å²) in [6, 6.07) is 5.35. The molecule has 10 nitrogen and oxygen atoms in total. The van der Waals surface area contributed by atoms with Gasteiger partial charge >= 0.3 is 6.09 Å². The number of aliphatic hydroxyl groups excluding tert-OH is 1. The summed E-state index contributed by atoms with van der Waals surface area (Å²) in [6.07, 6.45) is -0.256. The number of fused-ring (bicyclic) bond motifs is 1. The van der Waals surface area contributed by atoms with Crippen molar-refractivity contribution in [2.45, 2.75) is 62.9 Å². The number of hydrogen-bond donors (Lipinski definition) is 5. The van der Waals surface area contributed by atoms with Crippen molar-refractivity contribution in [3.05, 3.63) is 35.4 Å². The van der Waals surface area contributed by atoms with Gasteiger partial charge in [-0.25, -0.2) is 4.79 Å². The molecule has 2 heterocycles. The summed E-state index contributed by atoms with van der Waals surface area (Å²) in [7, 11) is 0. The summed E-state index contributed by atoms with van der Waals surface area (Å²) in [5, 5.41) is 28.5. The molecule has 0 bridgehead atoms. The molecular weight excluding hydrogens is 416 g/mol. The molecule has 4 amide bonds. The van der Waals surface area contributed by atoms with Gasteiger partial charge in [0.05, 0.1) is 12.6 Å².